The number of hydrogen-bond donors (Lipinski definition) is 1. The van der Waals surface area contributed by atoms with Crippen molar-refractivity contribution in [2.45, 2.75) is 25.3 Å². The highest BCUT2D eigenvalue weighted by molar-refractivity contribution is 6.01. The summed E-state index contributed by atoms with van der Waals surface area (Å²) >= 11 is 0. The van der Waals surface area contributed by atoms with Crippen LogP contribution in [0.25, 0.3) is 11.0 Å². The lowest BCUT2D eigenvalue weighted by Crippen LogP contribution is -2.27. The predicted molar refractivity (Wildman–Crippen MR) is 95.9 cm³/mol. The van der Waals surface area contributed by atoms with Gasteiger partial charge in [0.1, 0.15) is 11.5 Å². The maximum atomic E-state index is 12.7. The molecule has 1 aliphatic rings. The van der Waals surface area contributed by atoms with Crippen LogP contribution in [0, 0.1) is 0 Å². The van der Waals surface area contributed by atoms with Crippen LogP contribution < -0.4 is 0 Å². The molecule has 136 valence electrons. The highest BCUT2D eigenvalue weighted by atomic mass is 16.4. The first-order chi connectivity index (χ1) is 13.1. The van der Waals surface area contributed by atoms with Crippen LogP contribution in [0.1, 0.15) is 36.6 Å². The van der Waals surface area contributed by atoms with Gasteiger partial charge in [-0.3, -0.25) is 19.6 Å². The van der Waals surface area contributed by atoms with Crippen molar-refractivity contribution in [3.63, 3.8) is 0 Å². The van der Waals surface area contributed by atoms with E-state index < -0.39 is 12.0 Å². The van der Waals surface area contributed by atoms with Crippen molar-refractivity contribution in [2.24, 2.45) is 5.10 Å². The Kier molecular flexibility index (Phi) is 4.37. The van der Waals surface area contributed by atoms with E-state index in [1.165, 1.54) is 5.01 Å². The molecule has 1 amide bonds. The average Bonchev–Trinajstić information content (AvgIpc) is 3.35. The molecule has 1 aromatic carbocycles. The minimum atomic E-state index is -1.02. The first-order valence-electron chi connectivity index (χ1n) is 8.48. The van der Waals surface area contributed by atoms with E-state index in [0.717, 1.165) is 11.1 Å². The summed E-state index contributed by atoms with van der Waals surface area (Å²) in [5.41, 5.74) is 2.86. The van der Waals surface area contributed by atoms with Crippen LogP contribution in [-0.2, 0) is 9.59 Å². The Bertz CT molecular complexity index is 1020. The van der Waals surface area contributed by atoms with Crippen molar-refractivity contribution in [2.75, 3.05) is 0 Å². The number of benzene rings is 1. The summed E-state index contributed by atoms with van der Waals surface area (Å²) in [6.07, 6.45) is 4.83. The number of furan rings is 1. The molecule has 8 heteroatoms. The lowest BCUT2D eigenvalue weighted by atomic mass is 9.99. The van der Waals surface area contributed by atoms with Crippen molar-refractivity contribution < 1.29 is 19.1 Å². The predicted octanol–water partition coefficient (Wildman–Crippen LogP) is 2.77. The Morgan fingerprint density at radius 1 is 1.15 bits per heavy atom. The average molecular weight is 364 g/mol. The number of amides is 1. The number of carbonyl (C=O) groups excluding carboxylic acids is 1. The largest absolute Gasteiger partial charge is 0.481 e. The summed E-state index contributed by atoms with van der Waals surface area (Å²) in [4.78, 5) is 32.3. The number of carbonyl (C=O) groups is 2. The zero-order valence-electron chi connectivity index (χ0n) is 14.3. The molecule has 3 aromatic rings. The van der Waals surface area contributed by atoms with E-state index in [1.807, 2.05) is 18.2 Å². The molecule has 0 saturated heterocycles. The van der Waals surface area contributed by atoms with Gasteiger partial charge in [-0.25, -0.2) is 5.01 Å². The number of para-hydroxylation sites is 1. The highest BCUT2D eigenvalue weighted by Gasteiger charge is 2.35. The molecule has 4 rings (SSSR count). The minimum absolute atomic E-state index is 0.128. The number of aliphatic carboxylic acids is 1. The van der Waals surface area contributed by atoms with Crippen LogP contribution in [0.3, 0.4) is 0 Å². The number of carboxylic acids is 1. The molecule has 1 N–H and O–H groups in total. The summed E-state index contributed by atoms with van der Waals surface area (Å²) in [6, 6.07) is 8.74. The second-order valence-corrected chi connectivity index (χ2v) is 6.15. The van der Waals surface area contributed by atoms with Gasteiger partial charge in [0.15, 0.2) is 0 Å². The van der Waals surface area contributed by atoms with E-state index in [9.17, 15) is 9.59 Å². The molecule has 0 aliphatic carbocycles. The molecule has 8 nitrogen and oxygen atoms in total. The summed E-state index contributed by atoms with van der Waals surface area (Å²) in [7, 11) is 0. The van der Waals surface area contributed by atoms with Crippen molar-refractivity contribution in [1.82, 2.24) is 15.0 Å². The summed E-state index contributed by atoms with van der Waals surface area (Å²) < 4.78 is 5.42. The fourth-order valence-electron chi connectivity index (χ4n) is 3.19. The van der Waals surface area contributed by atoms with E-state index in [2.05, 4.69) is 15.1 Å². The molecule has 1 aliphatic heterocycles. The van der Waals surface area contributed by atoms with Gasteiger partial charge < -0.3 is 9.52 Å². The van der Waals surface area contributed by atoms with Gasteiger partial charge in [-0.2, -0.15) is 5.10 Å². The molecule has 0 spiro atoms. The summed E-state index contributed by atoms with van der Waals surface area (Å²) in [6.45, 7) is 0. The quantitative estimate of drug-likeness (QED) is 0.745. The van der Waals surface area contributed by atoms with Crippen molar-refractivity contribution >= 4 is 28.6 Å². The third kappa shape index (κ3) is 3.29. The Hall–Kier alpha value is -3.55. The second kappa shape index (κ2) is 6.99. The number of rotatable bonds is 5. The molecule has 27 heavy (non-hydrogen) atoms. The van der Waals surface area contributed by atoms with Crippen LogP contribution in [0.15, 0.2) is 58.5 Å². The van der Waals surface area contributed by atoms with Gasteiger partial charge in [0.05, 0.1) is 29.8 Å². The highest BCUT2D eigenvalue weighted by Crippen LogP contribution is 2.36. The SMILES string of the molecule is O=C(O)CCC(=O)N1N=C(c2ccco2)CC1c1cccc2nccnc12. The number of fused-ring (bicyclic) bond motifs is 1. The lowest BCUT2D eigenvalue weighted by Gasteiger charge is -2.22. The number of hydrazone groups is 1. The summed E-state index contributed by atoms with van der Waals surface area (Å²) in [5.74, 6) is -0.796. The number of nitrogens with zero attached hydrogens (tertiary/aromatic N) is 4. The van der Waals surface area contributed by atoms with E-state index >= 15 is 0 Å². The number of aromatic nitrogens is 2. The lowest BCUT2D eigenvalue weighted by molar-refractivity contribution is -0.141. The van der Waals surface area contributed by atoms with Gasteiger partial charge in [0, 0.05) is 30.8 Å². The third-order valence-corrected chi connectivity index (χ3v) is 4.41. The summed E-state index contributed by atoms with van der Waals surface area (Å²) in [5, 5.41) is 14.7. The second-order valence-electron chi connectivity index (χ2n) is 6.15. The maximum absolute atomic E-state index is 12.7. The van der Waals surface area contributed by atoms with E-state index in [4.69, 9.17) is 9.52 Å². The monoisotopic (exact) mass is 364 g/mol. The van der Waals surface area contributed by atoms with Crippen molar-refractivity contribution in [3.05, 3.63) is 60.3 Å². The maximum Gasteiger partial charge on any atom is 0.303 e. The Morgan fingerprint density at radius 2 is 2.00 bits per heavy atom. The number of hydrogen-bond acceptors (Lipinski definition) is 6. The molecular weight excluding hydrogens is 348 g/mol. The van der Waals surface area contributed by atoms with Gasteiger partial charge in [-0.05, 0) is 18.2 Å². The first kappa shape index (κ1) is 16.9. The topological polar surface area (TPSA) is 109 Å². The normalized spacial score (nSPS) is 16.5. The smallest absolute Gasteiger partial charge is 0.303 e. The Morgan fingerprint density at radius 3 is 2.78 bits per heavy atom. The molecular formula is C19H16N4O4. The zero-order valence-corrected chi connectivity index (χ0v) is 14.3. The molecule has 2 aromatic heterocycles. The molecule has 1 unspecified atom stereocenters. The van der Waals surface area contributed by atoms with E-state index in [0.29, 0.717) is 23.4 Å². The molecule has 3 heterocycles. The van der Waals surface area contributed by atoms with Crippen LogP contribution >= 0.6 is 0 Å². The molecule has 1 atom stereocenters. The Balaban J connectivity index is 1.73. The first-order valence-corrected chi connectivity index (χ1v) is 8.48. The van der Waals surface area contributed by atoms with Gasteiger partial charge in [-0.1, -0.05) is 12.1 Å². The zero-order chi connectivity index (χ0) is 18.8. The fourth-order valence-corrected chi connectivity index (χ4v) is 3.19. The standard InChI is InChI=1S/C19H16N4O4/c24-17(6-7-18(25)26)23-15(11-14(22-23)16-5-2-10-27-16)12-3-1-4-13-19(12)21-9-8-20-13/h1-5,8-10,15H,6-7,11H2,(H,25,26). The van der Waals surface area contributed by atoms with Gasteiger partial charge in [0.2, 0.25) is 5.91 Å². The number of carboxylic acid groups (broad SMARTS) is 1. The van der Waals surface area contributed by atoms with Gasteiger partial charge >= 0.3 is 5.97 Å². The van der Waals surface area contributed by atoms with Gasteiger partial charge in [0.25, 0.3) is 0 Å². The van der Waals surface area contributed by atoms with E-state index in [1.54, 1.807) is 30.8 Å². The van der Waals surface area contributed by atoms with Crippen LogP contribution in [0.4, 0.5) is 0 Å². The van der Waals surface area contributed by atoms with Gasteiger partial charge in [-0.15, -0.1) is 0 Å². The van der Waals surface area contributed by atoms with Crippen molar-refractivity contribution in [1.29, 1.82) is 0 Å². The van der Waals surface area contributed by atoms with Crippen LogP contribution in [0.2, 0.25) is 0 Å². The van der Waals surface area contributed by atoms with Crippen LogP contribution in [-0.4, -0.2) is 37.7 Å². The van der Waals surface area contributed by atoms with Crippen molar-refractivity contribution in [3.8, 4) is 0 Å². The third-order valence-electron chi connectivity index (χ3n) is 4.41. The van der Waals surface area contributed by atoms with E-state index in [-0.39, 0.29) is 18.7 Å². The van der Waals surface area contributed by atoms with Crippen LogP contribution in [0.5, 0.6) is 0 Å². The molecule has 0 fully saturated rings. The Labute approximate surface area is 154 Å². The fraction of sp³-hybridized carbons (Fsp3) is 0.211. The molecule has 0 bridgehead atoms. The molecule has 0 saturated carbocycles. The minimum Gasteiger partial charge on any atom is -0.481 e. The molecule has 0 radical (unpaired) electrons.